The summed E-state index contributed by atoms with van der Waals surface area (Å²) in [6, 6.07) is 0. The van der Waals surface area contributed by atoms with E-state index in [4.69, 9.17) is 5.73 Å². The van der Waals surface area contributed by atoms with Crippen molar-refractivity contribution >= 4 is 0 Å². The summed E-state index contributed by atoms with van der Waals surface area (Å²) < 4.78 is 25.5. The number of aliphatic hydroxyl groups is 1. The molecular weight excluding hydrogens is 188 g/mol. The molecule has 82 valence electrons. The van der Waals surface area contributed by atoms with Gasteiger partial charge in [-0.3, -0.25) is 0 Å². The Morgan fingerprint density at radius 1 is 1.00 bits per heavy atom. The lowest BCUT2D eigenvalue weighted by molar-refractivity contribution is -0.199. The number of hydrogen-bond acceptors (Lipinski definition) is 2. The molecule has 2 aliphatic carbocycles. The first-order valence-corrected chi connectivity index (χ1v) is 5.26. The van der Waals surface area contributed by atoms with Crippen molar-refractivity contribution in [1.82, 2.24) is 0 Å². The van der Waals surface area contributed by atoms with Crippen molar-refractivity contribution in [2.24, 2.45) is 5.73 Å². The van der Waals surface area contributed by atoms with E-state index in [9.17, 15) is 13.9 Å². The summed E-state index contributed by atoms with van der Waals surface area (Å²) in [5.41, 5.74) is 3.79. The van der Waals surface area contributed by atoms with Gasteiger partial charge in [0.1, 0.15) is 0 Å². The van der Waals surface area contributed by atoms with Crippen molar-refractivity contribution < 1.29 is 13.9 Å². The standard InChI is InChI=1S/C10H17F2NO/c11-10(12)6-8(13,7-10)9(14)4-2-1-3-5-9/h14H,1-7,13H2. The van der Waals surface area contributed by atoms with E-state index in [-0.39, 0.29) is 12.8 Å². The zero-order valence-electron chi connectivity index (χ0n) is 8.23. The van der Waals surface area contributed by atoms with E-state index in [1.165, 1.54) is 0 Å². The highest BCUT2D eigenvalue weighted by Gasteiger charge is 2.63. The average Bonchev–Trinajstić information content (AvgIpc) is 2.01. The number of hydrogen-bond donors (Lipinski definition) is 2. The Balaban J connectivity index is 2.07. The van der Waals surface area contributed by atoms with Crippen LogP contribution < -0.4 is 5.73 Å². The summed E-state index contributed by atoms with van der Waals surface area (Å²) in [6.45, 7) is 0. The highest BCUT2D eigenvalue weighted by atomic mass is 19.3. The van der Waals surface area contributed by atoms with E-state index < -0.39 is 17.1 Å². The van der Waals surface area contributed by atoms with Gasteiger partial charge in [-0.05, 0) is 12.8 Å². The average molecular weight is 205 g/mol. The van der Waals surface area contributed by atoms with E-state index in [1.807, 2.05) is 0 Å². The number of nitrogens with two attached hydrogens (primary N) is 1. The van der Waals surface area contributed by atoms with Crippen molar-refractivity contribution in [3.63, 3.8) is 0 Å². The van der Waals surface area contributed by atoms with Gasteiger partial charge in [0.2, 0.25) is 0 Å². The van der Waals surface area contributed by atoms with Gasteiger partial charge < -0.3 is 10.8 Å². The maximum Gasteiger partial charge on any atom is 0.251 e. The minimum atomic E-state index is -2.65. The first-order valence-electron chi connectivity index (χ1n) is 5.26. The van der Waals surface area contributed by atoms with Gasteiger partial charge in [0.15, 0.2) is 0 Å². The highest BCUT2D eigenvalue weighted by molar-refractivity contribution is 5.15. The summed E-state index contributed by atoms with van der Waals surface area (Å²) in [5.74, 6) is -2.65. The van der Waals surface area contributed by atoms with Crippen LogP contribution in [-0.4, -0.2) is 22.2 Å². The second-order valence-corrected chi connectivity index (χ2v) is 4.96. The van der Waals surface area contributed by atoms with Gasteiger partial charge in [0.05, 0.1) is 11.1 Å². The third kappa shape index (κ3) is 1.44. The molecular formula is C10H17F2NO. The van der Waals surface area contributed by atoms with E-state index in [1.54, 1.807) is 0 Å². The third-order valence-corrected chi connectivity index (χ3v) is 3.76. The smallest absolute Gasteiger partial charge is 0.251 e. The van der Waals surface area contributed by atoms with Crippen LogP contribution in [0, 0.1) is 0 Å². The van der Waals surface area contributed by atoms with Crippen LogP contribution in [0.3, 0.4) is 0 Å². The molecule has 2 saturated carbocycles. The van der Waals surface area contributed by atoms with Crippen LogP contribution in [-0.2, 0) is 0 Å². The van der Waals surface area contributed by atoms with Crippen molar-refractivity contribution in [1.29, 1.82) is 0 Å². The van der Waals surface area contributed by atoms with Gasteiger partial charge in [-0.25, -0.2) is 8.78 Å². The van der Waals surface area contributed by atoms with E-state index in [2.05, 4.69) is 0 Å². The minimum Gasteiger partial charge on any atom is -0.388 e. The second-order valence-electron chi connectivity index (χ2n) is 4.96. The molecule has 2 aliphatic rings. The fourth-order valence-electron chi connectivity index (χ4n) is 2.83. The van der Waals surface area contributed by atoms with Crippen molar-refractivity contribution in [3.8, 4) is 0 Å². The van der Waals surface area contributed by atoms with Crippen LogP contribution in [0.15, 0.2) is 0 Å². The normalized spacial score (nSPS) is 33.4. The summed E-state index contributed by atoms with van der Waals surface area (Å²) in [5, 5.41) is 10.2. The van der Waals surface area contributed by atoms with Gasteiger partial charge in [-0.2, -0.15) is 0 Å². The van der Waals surface area contributed by atoms with Gasteiger partial charge in [0.25, 0.3) is 5.92 Å². The highest BCUT2D eigenvalue weighted by Crippen LogP contribution is 2.53. The summed E-state index contributed by atoms with van der Waals surface area (Å²) in [7, 11) is 0. The summed E-state index contributed by atoms with van der Waals surface area (Å²) in [6.07, 6.45) is 3.35. The van der Waals surface area contributed by atoms with Gasteiger partial charge in [0, 0.05) is 12.8 Å². The minimum absolute atomic E-state index is 0.351. The molecule has 0 aromatic heterocycles. The maximum atomic E-state index is 12.8. The Morgan fingerprint density at radius 3 is 1.93 bits per heavy atom. The SMILES string of the molecule is NC1(C2(O)CCCCC2)CC(F)(F)C1. The molecule has 2 rings (SSSR count). The molecule has 0 amide bonds. The van der Waals surface area contributed by atoms with E-state index >= 15 is 0 Å². The maximum absolute atomic E-state index is 12.8. The van der Waals surface area contributed by atoms with E-state index in [0.717, 1.165) is 19.3 Å². The van der Waals surface area contributed by atoms with Crippen LogP contribution in [0.5, 0.6) is 0 Å². The lowest BCUT2D eigenvalue weighted by atomic mass is 9.59. The molecule has 4 heteroatoms. The van der Waals surface area contributed by atoms with Crippen LogP contribution in [0.4, 0.5) is 8.78 Å². The molecule has 0 atom stereocenters. The molecule has 3 N–H and O–H groups in total. The van der Waals surface area contributed by atoms with Crippen LogP contribution in [0.2, 0.25) is 0 Å². The van der Waals surface area contributed by atoms with Crippen molar-refractivity contribution in [2.75, 3.05) is 0 Å². The molecule has 0 spiro atoms. The fourth-order valence-corrected chi connectivity index (χ4v) is 2.83. The molecule has 0 aromatic rings. The lowest BCUT2D eigenvalue weighted by Crippen LogP contribution is -2.71. The fraction of sp³-hybridized carbons (Fsp3) is 1.00. The molecule has 0 saturated heterocycles. The zero-order valence-corrected chi connectivity index (χ0v) is 8.23. The molecule has 0 bridgehead atoms. The van der Waals surface area contributed by atoms with Crippen molar-refractivity contribution in [3.05, 3.63) is 0 Å². The number of alkyl halides is 2. The van der Waals surface area contributed by atoms with Crippen LogP contribution in [0.25, 0.3) is 0 Å². The number of rotatable bonds is 1. The molecule has 0 aromatic carbocycles. The van der Waals surface area contributed by atoms with Crippen LogP contribution in [0.1, 0.15) is 44.9 Å². The second kappa shape index (κ2) is 2.89. The Bertz CT molecular complexity index is 228. The topological polar surface area (TPSA) is 46.2 Å². The predicted octanol–water partition coefficient (Wildman–Crippen LogP) is 1.81. The van der Waals surface area contributed by atoms with Crippen molar-refractivity contribution in [2.45, 2.75) is 62.0 Å². The summed E-state index contributed by atoms with van der Waals surface area (Å²) >= 11 is 0. The third-order valence-electron chi connectivity index (χ3n) is 3.76. The monoisotopic (exact) mass is 205 g/mol. The van der Waals surface area contributed by atoms with Gasteiger partial charge in [-0.1, -0.05) is 19.3 Å². The summed E-state index contributed by atoms with van der Waals surface area (Å²) in [4.78, 5) is 0. The Hall–Kier alpha value is -0.220. The largest absolute Gasteiger partial charge is 0.388 e. The predicted molar refractivity (Wildman–Crippen MR) is 49.1 cm³/mol. The molecule has 0 aliphatic heterocycles. The Kier molecular flexibility index (Phi) is 2.13. The first kappa shape index (κ1) is 10.3. The molecule has 0 unspecified atom stereocenters. The van der Waals surface area contributed by atoms with E-state index in [0.29, 0.717) is 12.8 Å². The number of halogens is 2. The Morgan fingerprint density at radius 2 is 1.50 bits per heavy atom. The van der Waals surface area contributed by atoms with Gasteiger partial charge in [-0.15, -0.1) is 0 Å². The quantitative estimate of drug-likeness (QED) is 0.685. The molecule has 0 heterocycles. The first-order chi connectivity index (χ1) is 6.37. The van der Waals surface area contributed by atoms with Crippen LogP contribution >= 0.6 is 0 Å². The Labute approximate surface area is 82.5 Å². The molecule has 2 nitrogen and oxygen atoms in total. The molecule has 0 radical (unpaired) electrons. The molecule has 14 heavy (non-hydrogen) atoms. The zero-order chi connectivity index (χ0) is 10.4. The lowest BCUT2D eigenvalue weighted by Gasteiger charge is -2.55. The molecule has 2 fully saturated rings. The van der Waals surface area contributed by atoms with Gasteiger partial charge >= 0.3 is 0 Å².